The zero-order chi connectivity index (χ0) is 16.1. The van der Waals surface area contributed by atoms with Gasteiger partial charge in [0.05, 0.1) is 6.04 Å². The number of hydrogen-bond donors (Lipinski definition) is 1. The van der Waals surface area contributed by atoms with Crippen LogP contribution in [0.3, 0.4) is 0 Å². The van der Waals surface area contributed by atoms with E-state index in [-0.39, 0.29) is 17.9 Å². The second-order valence-corrected chi connectivity index (χ2v) is 6.44. The van der Waals surface area contributed by atoms with Gasteiger partial charge in [-0.25, -0.2) is 0 Å². The molecule has 22 heavy (non-hydrogen) atoms. The molecular formula is C18H29N3O. The fraction of sp³-hybridized carbons (Fsp3) is 0.611. The summed E-state index contributed by atoms with van der Waals surface area (Å²) in [6.07, 6.45) is 0.945. The Morgan fingerprint density at radius 1 is 1.23 bits per heavy atom. The van der Waals surface area contributed by atoms with Crippen LogP contribution in [0.15, 0.2) is 24.3 Å². The van der Waals surface area contributed by atoms with Gasteiger partial charge in [0, 0.05) is 32.7 Å². The van der Waals surface area contributed by atoms with Crippen LogP contribution in [0.2, 0.25) is 0 Å². The van der Waals surface area contributed by atoms with Crippen molar-refractivity contribution in [3.63, 3.8) is 0 Å². The molecule has 0 radical (unpaired) electrons. The van der Waals surface area contributed by atoms with E-state index in [1.807, 2.05) is 4.90 Å². The van der Waals surface area contributed by atoms with Gasteiger partial charge in [-0.1, -0.05) is 44.5 Å². The van der Waals surface area contributed by atoms with Gasteiger partial charge in [-0.3, -0.25) is 9.69 Å². The molecule has 0 aliphatic carbocycles. The number of benzene rings is 1. The van der Waals surface area contributed by atoms with Crippen molar-refractivity contribution in [3.05, 3.63) is 35.4 Å². The summed E-state index contributed by atoms with van der Waals surface area (Å²) in [5, 5.41) is 0. The summed E-state index contributed by atoms with van der Waals surface area (Å²) >= 11 is 0. The Labute approximate surface area is 134 Å². The quantitative estimate of drug-likeness (QED) is 0.905. The van der Waals surface area contributed by atoms with E-state index in [1.165, 1.54) is 11.1 Å². The molecule has 1 fully saturated rings. The van der Waals surface area contributed by atoms with Gasteiger partial charge in [-0.05, 0) is 24.0 Å². The lowest BCUT2D eigenvalue weighted by molar-refractivity contribution is -0.135. The van der Waals surface area contributed by atoms with Crippen LogP contribution in [0.4, 0.5) is 0 Å². The monoisotopic (exact) mass is 303 g/mol. The predicted octanol–water partition coefficient (Wildman–Crippen LogP) is 2.01. The summed E-state index contributed by atoms with van der Waals surface area (Å²) in [6.45, 7) is 10.7. The molecular weight excluding hydrogens is 274 g/mol. The van der Waals surface area contributed by atoms with E-state index >= 15 is 0 Å². The summed E-state index contributed by atoms with van der Waals surface area (Å²) < 4.78 is 0. The smallest absolute Gasteiger partial charge is 0.239 e. The van der Waals surface area contributed by atoms with Gasteiger partial charge < -0.3 is 10.6 Å². The lowest BCUT2D eigenvalue weighted by atomic mass is 9.98. The van der Waals surface area contributed by atoms with Crippen molar-refractivity contribution in [2.24, 2.45) is 11.7 Å². The van der Waals surface area contributed by atoms with E-state index in [0.717, 1.165) is 39.1 Å². The zero-order valence-electron chi connectivity index (χ0n) is 14.1. The van der Waals surface area contributed by atoms with E-state index < -0.39 is 0 Å². The number of nitrogens with two attached hydrogens (primary N) is 1. The van der Waals surface area contributed by atoms with Crippen LogP contribution in [-0.4, -0.2) is 47.9 Å². The standard InChI is InChI=1S/C18H29N3O/c1-4-14(2)17(19)18(22)21-11-9-20(10-12-21)13-16-8-6-5-7-15(16)3/h5-8,14,17H,4,9-13,19H2,1-3H3. The van der Waals surface area contributed by atoms with Gasteiger partial charge in [0.1, 0.15) is 0 Å². The number of carbonyl (C=O) groups excluding carboxylic acids is 1. The van der Waals surface area contributed by atoms with Crippen molar-refractivity contribution in [1.29, 1.82) is 0 Å². The Morgan fingerprint density at radius 3 is 2.45 bits per heavy atom. The number of carbonyl (C=O) groups is 1. The average Bonchev–Trinajstić information content (AvgIpc) is 2.55. The van der Waals surface area contributed by atoms with Crippen LogP contribution in [0.5, 0.6) is 0 Å². The minimum absolute atomic E-state index is 0.116. The Bertz CT molecular complexity index is 495. The highest BCUT2D eigenvalue weighted by Gasteiger charge is 2.27. The lowest BCUT2D eigenvalue weighted by Gasteiger charge is -2.36. The molecule has 1 aromatic rings. The maximum absolute atomic E-state index is 12.4. The van der Waals surface area contributed by atoms with E-state index in [9.17, 15) is 4.79 Å². The highest BCUT2D eigenvalue weighted by atomic mass is 16.2. The second kappa shape index (κ2) is 7.75. The van der Waals surface area contributed by atoms with E-state index in [2.05, 4.69) is 49.9 Å². The van der Waals surface area contributed by atoms with Crippen molar-refractivity contribution in [2.45, 2.75) is 39.8 Å². The molecule has 1 heterocycles. The fourth-order valence-corrected chi connectivity index (χ4v) is 2.86. The first-order chi connectivity index (χ1) is 10.5. The van der Waals surface area contributed by atoms with Crippen molar-refractivity contribution in [3.8, 4) is 0 Å². The van der Waals surface area contributed by atoms with Crippen LogP contribution < -0.4 is 5.73 Å². The largest absolute Gasteiger partial charge is 0.339 e. The minimum Gasteiger partial charge on any atom is -0.339 e. The molecule has 0 saturated carbocycles. The number of aryl methyl sites for hydroxylation is 1. The normalized spacial score (nSPS) is 19.0. The molecule has 2 N–H and O–H groups in total. The van der Waals surface area contributed by atoms with Gasteiger partial charge in [0.15, 0.2) is 0 Å². The molecule has 1 aliphatic rings. The van der Waals surface area contributed by atoms with E-state index in [1.54, 1.807) is 0 Å². The molecule has 1 aliphatic heterocycles. The molecule has 0 spiro atoms. The maximum atomic E-state index is 12.4. The van der Waals surface area contributed by atoms with Crippen molar-refractivity contribution >= 4 is 5.91 Å². The number of amides is 1. The highest BCUT2D eigenvalue weighted by Crippen LogP contribution is 2.14. The summed E-state index contributed by atoms with van der Waals surface area (Å²) in [7, 11) is 0. The van der Waals surface area contributed by atoms with Crippen LogP contribution in [-0.2, 0) is 11.3 Å². The number of piperazine rings is 1. The third kappa shape index (κ3) is 4.08. The summed E-state index contributed by atoms with van der Waals surface area (Å²) in [4.78, 5) is 16.8. The third-order valence-corrected chi connectivity index (χ3v) is 4.88. The molecule has 1 amide bonds. The van der Waals surface area contributed by atoms with Crippen molar-refractivity contribution in [2.75, 3.05) is 26.2 Å². The summed E-state index contributed by atoms with van der Waals surface area (Å²) in [6, 6.07) is 8.15. The first kappa shape index (κ1) is 17.0. The number of rotatable bonds is 5. The third-order valence-electron chi connectivity index (χ3n) is 4.88. The average molecular weight is 303 g/mol. The van der Waals surface area contributed by atoms with Gasteiger partial charge in [0.25, 0.3) is 0 Å². The minimum atomic E-state index is -0.354. The lowest BCUT2D eigenvalue weighted by Crippen LogP contribution is -2.54. The van der Waals surface area contributed by atoms with Gasteiger partial charge in [0.2, 0.25) is 5.91 Å². The predicted molar refractivity (Wildman–Crippen MR) is 90.5 cm³/mol. The zero-order valence-corrected chi connectivity index (χ0v) is 14.1. The molecule has 1 aromatic carbocycles. The van der Waals surface area contributed by atoms with Gasteiger partial charge in [-0.2, -0.15) is 0 Å². The molecule has 4 heteroatoms. The van der Waals surface area contributed by atoms with E-state index in [4.69, 9.17) is 5.73 Å². The van der Waals surface area contributed by atoms with Crippen LogP contribution in [0.25, 0.3) is 0 Å². The van der Waals surface area contributed by atoms with E-state index in [0.29, 0.717) is 0 Å². The van der Waals surface area contributed by atoms with Crippen LogP contribution in [0, 0.1) is 12.8 Å². The Balaban J connectivity index is 1.85. The van der Waals surface area contributed by atoms with Gasteiger partial charge in [-0.15, -0.1) is 0 Å². The summed E-state index contributed by atoms with van der Waals surface area (Å²) in [5.41, 5.74) is 8.78. The maximum Gasteiger partial charge on any atom is 0.239 e. The topological polar surface area (TPSA) is 49.6 Å². The van der Waals surface area contributed by atoms with Crippen LogP contribution >= 0.6 is 0 Å². The Hall–Kier alpha value is -1.39. The Kier molecular flexibility index (Phi) is 5.98. The first-order valence-electron chi connectivity index (χ1n) is 8.34. The molecule has 2 atom stereocenters. The van der Waals surface area contributed by atoms with Crippen molar-refractivity contribution in [1.82, 2.24) is 9.80 Å². The van der Waals surface area contributed by atoms with Crippen molar-refractivity contribution < 1.29 is 4.79 Å². The SMILES string of the molecule is CCC(C)C(N)C(=O)N1CCN(Cc2ccccc2C)CC1. The van der Waals surface area contributed by atoms with Crippen LogP contribution in [0.1, 0.15) is 31.4 Å². The molecule has 2 unspecified atom stereocenters. The number of nitrogens with zero attached hydrogens (tertiary/aromatic N) is 2. The molecule has 0 aromatic heterocycles. The molecule has 122 valence electrons. The second-order valence-electron chi connectivity index (χ2n) is 6.44. The summed E-state index contributed by atoms with van der Waals surface area (Å²) in [5.74, 6) is 0.363. The Morgan fingerprint density at radius 2 is 1.86 bits per heavy atom. The highest BCUT2D eigenvalue weighted by molar-refractivity contribution is 5.82. The van der Waals surface area contributed by atoms with Gasteiger partial charge >= 0.3 is 0 Å². The first-order valence-corrected chi connectivity index (χ1v) is 8.34. The fourth-order valence-electron chi connectivity index (χ4n) is 2.86. The molecule has 2 rings (SSSR count). The molecule has 1 saturated heterocycles. The molecule has 4 nitrogen and oxygen atoms in total. The molecule has 0 bridgehead atoms. The number of hydrogen-bond acceptors (Lipinski definition) is 3.